The molecule has 4 rings (SSSR count). The molecule has 0 saturated carbocycles. The molecule has 0 fully saturated rings. The molecule has 2 aromatic carbocycles. The van der Waals surface area contributed by atoms with Crippen molar-refractivity contribution in [3.63, 3.8) is 0 Å². The van der Waals surface area contributed by atoms with Crippen LogP contribution in [0.3, 0.4) is 0 Å². The van der Waals surface area contributed by atoms with E-state index in [1.54, 1.807) is 35.0 Å². The van der Waals surface area contributed by atoms with Gasteiger partial charge in [-0.1, -0.05) is 49.7 Å². The summed E-state index contributed by atoms with van der Waals surface area (Å²) in [6.45, 7) is 4.29. The molecule has 5 nitrogen and oxygen atoms in total. The largest absolute Gasteiger partial charge is 0.344 e. The maximum Gasteiger partial charge on any atom is 0.272 e. The van der Waals surface area contributed by atoms with E-state index >= 15 is 0 Å². The second-order valence-corrected chi connectivity index (χ2v) is 8.59. The van der Waals surface area contributed by atoms with Crippen LogP contribution in [0.25, 0.3) is 11.0 Å². The molecule has 158 valence electrons. The molecule has 1 N–H and O–H groups in total. The minimum Gasteiger partial charge on any atom is -0.344 e. The molecular weight excluding hydrogens is 406 g/mol. The van der Waals surface area contributed by atoms with Gasteiger partial charge in [0.1, 0.15) is 5.69 Å². The second kappa shape index (κ2) is 9.27. The van der Waals surface area contributed by atoms with Crippen LogP contribution in [0.4, 0.5) is 0 Å². The van der Waals surface area contributed by atoms with Gasteiger partial charge >= 0.3 is 0 Å². The third-order valence-electron chi connectivity index (χ3n) is 5.32. The number of amides is 1. The first-order chi connectivity index (χ1) is 15.1. The molecule has 0 radical (unpaired) electrons. The summed E-state index contributed by atoms with van der Waals surface area (Å²) >= 11 is 1.65. The Morgan fingerprint density at radius 2 is 1.94 bits per heavy atom. The number of hydrogen-bond acceptors (Lipinski definition) is 4. The van der Waals surface area contributed by atoms with E-state index in [1.165, 1.54) is 0 Å². The van der Waals surface area contributed by atoms with E-state index in [-0.39, 0.29) is 17.5 Å². The van der Waals surface area contributed by atoms with Crippen molar-refractivity contribution in [3.05, 3.63) is 98.1 Å². The van der Waals surface area contributed by atoms with Crippen molar-refractivity contribution in [3.8, 4) is 0 Å². The van der Waals surface area contributed by atoms with Crippen molar-refractivity contribution in [1.29, 1.82) is 0 Å². The molecule has 0 aliphatic rings. The van der Waals surface area contributed by atoms with Gasteiger partial charge in [0, 0.05) is 10.4 Å². The van der Waals surface area contributed by atoms with Crippen molar-refractivity contribution >= 4 is 28.3 Å². The number of carbonyl (C=O) groups excluding carboxylic acids is 1. The van der Waals surface area contributed by atoms with E-state index in [1.807, 2.05) is 47.8 Å². The first kappa shape index (κ1) is 21.0. The van der Waals surface area contributed by atoms with Crippen molar-refractivity contribution in [1.82, 2.24) is 14.9 Å². The zero-order valence-corrected chi connectivity index (χ0v) is 18.5. The Bertz CT molecular complexity index is 1250. The zero-order valence-electron chi connectivity index (χ0n) is 17.7. The maximum atomic E-state index is 13.0. The molecule has 0 spiro atoms. The van der Waals surface area contributed by atoms with Crippen LogP contribution >= 0.6 is 11.3 Å². The number of fused-ring (bicyclic) bond motifs is 1. The van der Waals surface area contributed by atoms with Crippen molar-refractivity contribution in [2.24, 2.45) is 0 Å². The Kier molecular flexibility index (Phi) is 6.28. The monoisotopic (exact) mass is 431 g/mol. The third-order valence-corrected chi connectivity index (χ3v) is 6.31. The van der Waals surface area contributed by atoms with E-state index < -0.39 is 0 Å². The van der Waals surface area contributed by atoms with Gasteiger partial charge < -0.3 is 9.88 Å². The number of nitrogens with zero attached hydrogens (tertiary/aromatic N) is 2. The molecule has 4 aromatic rings. The van der Waals surface area contributed by atoms with Crippen LogP contribution in [-0.4, -0.2) is 15.5 Å². The van der Waals surface area contributed by atoms with Gasteiger partial charge in [-0.2, -0.15) is 0 Å². The quantitative estimate of drug-likeness (QED) is 0.443. The van der Waals surface area contributed by atoms with Gasteiger partial charge in [-0.3, -0.25) is 9.59 Å². The number of hydrogen-bond donors (Lipinski definition) is 1. The summed E-state index contributed by atoms with van der Waals surface area (Å²) in [4.78, 5) is 31.4. The molecule has 31 heavy (non-hydrogen) atoms. The van der Waals surface area contributed by atoms with Gasteiger partial charge in [0.2, 0.25) is 0 Å². The Morgan fingerprint density at radius 1 is 1.13 bits per heavy atom. The number of rotatable bonds is 7. The van der Waals surface area contributed by atoms with Gasteiger partial charge in [0.05, 0.1) is 23.6 Å². The molecule has 0 aliphatic heterocycles. The first-order valence-electron chi connectivity index (χ1n) is 10.5. The molecular formula is C25H25N3O2S. The number of aryl methyl sites for hydroxylation is 1. The lowest BCUT2D eigenvalue weighted by Gasteiger charge is -2.17. The van der Waals surface area contributed by atoms with Crippen LogP contribution < -0.4 is 10.9 Å². The fraction of sp³-hybridized carbons (Fsp3) is 0.240. The van der Waals surface area contributed by atoms with Gasteiger partial charge in [0.25, 0.3) is 11.5 Å². The highest BCUT2D eigenvalue weighted by atomic mass is 32.1. The van der Waals surface area contributed by atoms with Crippen LogP contribution in [0.1, 0.15) is 52.3 Å². The van der Waals surface area contributed by atoms with Crippen molar-refractivity contribution in [2.45, 2.75) is 39.3 Å². The van der Waals surface area contributed by atoms with Gasteiger partial charge in [-0.25, -0.2) is 4.98 Å². The van der Waals surface area contributed by atoms with E-state index in [9.17, 15) is 9.59 Å². The summed E-state index contributed by atoms with van der Waals surface area (Å²) in [6, 6.07) is 19.3. The third kappa shape index (κ3) is 4.59. The lowest BCUT2D eigenvalue weighted by atomic mass is 10.1. The smallest absolute Gasteiger partial charge is 0.272 e. The average molecular weight is 432 g/mol. The fourth-order valence-electron chi connectivity index (χ4n) is 3.74. The summed E-state index contributed by atoms with van der Waals surface area (Å²) in [5, 5.41) is 5.18. The maximum absolute atomic E-state index is 13.0. The lowest BCUT2D eigenvalue weighted by molar-refractivity contribution is 0.0935. The predicted octanol–water partition coefficient (Wildman–Crippen LogP) is 5.09. The number of carbonyl (C=O) groups is 1. The number of benzene rings is 2. The van der Waals surface area contributed by atoms with Crippen LogP contribution in [0.2, 0.25) is 0 Å². The van der Waals surface area contributed by atoms with Crippen molar-refractivity contribution in [2.75, 3.05) is 0 Å². The van der Waals surface area contributed by atoms with E-state index in [0.717, 1.165) is 28.8 Å². The molecule has 0 saturated heterocycles. The highest BCUT2D eigenvalue weighted by Crippen LogP contribution is 2.24. The Labute approximate surface area is 185 Å². The van der Waals surface area contributed by atoms with E-state index in [4.69, 9.17) is 0 Å². The molecule has 0 aliphatic carbocycles. The Hall–Kier alpha value is -3.25. The van der Waals surface area contributed by atoms with Gasteiger partial charge in [-0.05, 0) is 48.6 Å². The lowest BCUT2D eigenvalue weighted by Crippen LogP contribution is -2.28. The Morgan fingerprint density at radius 3 is 2.65 bits per heavy atom. The van der Waals surface area contributed by atoms with Crippen LogP contribution in [-0.2, 0) is 6.54 Å². The highest BCUT2D eigenvalue weighted by Gasteiger charge is 2.17. The van der Waals surface area contributed by atoms with E-state index in [0.29, 0.717) is 23.3 Å². The Balaban J connectivity index is 1.67. The van der Waals surface area contributed by atoms with Gasteiger partial charge in [0.15, 0.2) is 0 Å². The normalized spacial score (nSPS) is 12.1. The van der Waals surface area contributed by atoms with Crippen LogP contribution in [0.5, 0.6) is 0 Å². The fourth-order valence-corrected chi connectivity index (χ4v) is 4.56. The molecule has 1 atom stereocenters. The summed E-state index contributed by atoms with van der Waals surface area (Å²) < 4.78 is 1.72. The highest BCUT2D eigenvalue weighted by molar-refractivity contribution is 7.10. The predicted molar refractivity (Wildman–Crippen MR) is 126 cm³/mol. The zero-order chi connectivity index (χ0) is 21.8. The summed E-state index contributed by atoms with van der Waals surface area (Å²) in [5.74, 6) is -0.131. The SMILES string of the molecule is CCC[C@@H](NC(=O)c1ccc2c(c1)nc(C)c(=O)n2Cc1ccccc1)c1cccs1. The number of nitrogens with one attached hydrogen (secondary N) is 1. The molecule has 0 unspecified atom stereocenters. The molecule has 0 bridgehead atoms. The molecule has 2 heterocycles. The molecule has 2 aromatic heterocycles. The van der Waals surface area contributed by atoms with Crippen LogP contribution in [0, 0.1) is 6.92 Å². The summed E-state index contributed by atoms with van der Waals surface area (Å²) in [7, 11) is 0. The van der Waals surface area contributed by atoms with Crippen molar-refractivity contribution < 1.29 is 4.79 Å². The first-order valence-corrected chi connectivity index (χ1v) is 11.3. The summed E-state index contributed by atoms with van der Waals surface area (Å²) in [6.07, 6.45) is 1.86. The minimum atomic E-state index is -0.131. The number of thiophene rings is 1. The molecule has 6 heteroatoms. The minimum absolute atomic E-state index is 0.00470. The van der Waals surface area contributed by atoms with E-state index in [2.05, 4.69) is 23.3 Å². The standard InChI is InChI=1S/C25H25N3O2S/c1-3-8-20(23-11-7-14-31-23)27-24(29)19-12-13-22-21(15-19)26-17(2)25(30)28(22)16-18-9-5-4-6-10-18/h4-7,9-15,20H,3,8,16H2,1-2H3,(H,27,29)/t20-/m1/s1. The number of aromatic nitrogens is 2. The summed E-state index contributed by atoms with van der Waals surface area (Å²) in [5.41, 5.74) is 3.25. The van der Waals surface area contributed by atoms with Crippen LogP contribution in [0.15, 0.2) is 70.8 Å². The second-order valence-electron chi connectivity index (χ2n) is 7.61. The average Bonchev–Trinajstić information content (AvgIpc) is 3.32. The van der Waals surface area contributed by atoms with Gasteiger partial charge in [-0.15, -0.1) is 11.3 Å². The molecule has 1 amide bonds. The topological polar surface area (TPSA) is 64.0 Å².